The number of rotatable bonds is 17. The van der Waals surface area contributed by atoms with Gasteiger partial charge in [0.2, 0.25) is 53.2 Å². The van der Waals surface area contributed by atoms with Crippen LogP contribution in [0.2, 0.25) is 0 Å². The predicted molar refractivity (Wildman–Crippen MR) is 285 cm³/mol. The van der Waals surface area contributed by atoms with Gasteiger partial charge in [0.25, 0.3) is 0 Å². The van der Waals surface area contributed by atoms with Gasteiger partial charge in [0.1, 0.15) is 42.3 Å². The maximum absolute atomic E-state index is 14.6. The number of nitrogens with two attached hydrogens (primary N) is 3. The molecule has 2 aromatic heterocycles. The van der Waals surface area contributed by atoms with Gasteiger partial charge < -0.3 is 69.7 Å². The largest absolute Gasteiger partial charge is 0.370 e. The van der Waals surface area contributed by atoms with Crippen molar-refractivity contribution < 1.29 is 43.2 Å². The van der Waals surface area contributed by atoms with Crippen LogP contribution < -0.4 is 59.7 Å². The maximum atomic E-state index is 14.6. The van der Waals surface area contributed by atoms with Crippen molar-refractivity contribution in [2.45, 2.75) is 114 Å². The summed E-state index contributed by atoms with van der Waals surface area (Å²) in [5.74, 6) is -6.83. The molecule has 1 saturated heterocycles. The quantitative estimate of drug-likeness (QED) is 0.0260. The second kappa shape index (κ2) is 29.9. The fourth-order valence-electron chi connectivity index (χ4n) is 7.97. The Balaban J connectivity index is 1.52. The van der Waals surface area contributed by atoms with E-state index in [4.69, 9.17) is 17.2 Å². The molecule has 2 aromatic carbocycles. The molecule has 1 fully saturated rings. The molecule has 5 rings (SSSR count). The van der Waals surface area contributed by atoms with E-state index in [1.54, 1.807) is 36.5 Å². The summed E-state index contributed by atoms with van der Waals surface area (Å²) in [6, 6.07) is 7.27. The van der Waals surface area contributed by atoms with Crippen LogP contribution in [-0.4, -0.2) is 141 Å². The second-order valence-electron chi connectivity index (χ2n) is 17.8. The van der Waals surface area contributed by atoms with Crippen molar-refractivity contribution in [3.05, 3.63) is 90.1 Å². The first-order chi connectivity index (χ1) is 36.0. The Morgan fingerprint density at radius 2 is 1.41 bits per heavy atom. The van der Waals surface area contributed by atoms with Crippen molar-refractivity contribution >= 4 is 91.6 Å². The highest BCUT2D eigenvalue weighted by atomic mass is 33.1. The minimum Gasteiger partial charge on any atom is -0.370 e. The van der Waals surface area contributed by atoms with E-state index in [1.165, 1.54) is 19.4 Å². The van der Waals surface area contributed by atoms with E-state index in [2.05, 4.69) is 62.5 Å². The summed E-state index contributed by atoms with van der Waals surface area (Å²) in [5.41, 5.74) is 19.5. The van der Waals surface area contributed by atoms with Crippen molar-refractivity contribution in [3.63, 3.8) is 0 Å². The first kappa shape index (κ1) is 58.3. The summed E-state index contributed by atoms with van der Waals surface area (Å²) in [6.45, 7) is 3.03. The summed E-state index contributed by atoms with van der Waals surface area (Å²) in [6.07, 6.45) is 5.76. The summed E-state index contributed by atoms with van der Waals surface area (Å²) in [5, 5.41) is 22.5. The number of para-hydroxylation sites is 1. The molecule has 0 spiro atoms. The van der Waals surface area contributed by atoms with E-state index in [9.17, 15) is 43.2 Å². The SMILES string of the molecule is CCCC[C@H](NC(C)=O)C(=O)N[C@H]1CSSC[C@@H](C(N)=O)NC(=O)[C@H](Cc2c[nH]c3ccccc23)NC(=O)[C@H](CCCN=C(N)N)NC(=O)[C@@H](Cc2ccccc2)NC(=O)[C@H](Cc2cnc[nH]2)NC(=O)CCNC1=O. The van der Waals surface area contributed by atoms with Crippen LogP contribution >= 0.6 is 21.6 Å². The number of primary amides is 1. The van der Waals surface area contributed by atoms with Gasteiger partial charge in [-0.25, -0.2) is 4.98 Å². The number of nitrogens with one attached hydrogen (secondary N) is 10. The van der Waals surface area contributed by atoms with Gasteiger partial charge >= 0.3 is 0 Å². The fourth-order valence-corrected chi connectivity index (χ4v) is 10.3. The van der Waals surface area contributed by atoms with E-state index < -0.39 is 95.5 Å². The smallest absolute Gasteiger partial charge is 0.243 e. The highest BCUT2D eigenvalue weighted by molar-refractivity contribution is 8.76. The molecule has 4 aromatic rings. The van der Waals surface area contributed by atoms with E-state index in [1.807, 2.05) is 31.2 Å². The number of guanidine groups is 1. The molecule has 0 aliphatic carbocycles. The zero-order valence-corrected chi connectivity index (χ0v) is 43.4. The zero-order chi connectivity index (χ0) is 54.3. The molecule has 0 radical (unpaired) electrons. The topological polar surface area (TPSA) is 385 Å². The van der Waals surface area contributed by atoms with Gasteiger partial charge in [0.15, 0.2) is 5.96 Å². The second-order valence-corrected chi connectivity index (χ2v) is 20.4. The van der Waals surface area contributed by atoms with Crippen LogP contribution in [0, 0.1) is 0 Å². The van der Waals surface area contributed by atoms with Crippen LogP contribution in [0.5, 0.6) is 0 Å². The molecular formula is C49H67N15O9S2. The Kier molecular flexibility index (Phi) is 23.3. The number of aromatic amines is 2. The molecular weight excluding hydrogens is 1010 g/mol. The summed E-state index contributed by atoms with van der Waals surface area (Å²) in [4.78, 5) is 138. The molecule has 404 valence electrons. The number of imidazole rings is 1. The third-order valence-electron chi connectivity index (χ3n) is 11.9. The summed E-state index contributed by atoms with van der Waals surface area (Å²) < 4.78 is 0. The first-order valence-corrected chi connectivity index (χ1v) is 27.0. The van der Waals surface area contributed by atoms with Crippen molar-refractivity contribution in [1.82, 2.24) is 57.5 Å². The Labute approximate surface area is 441 Å². The van der Waals surface area contributed by atoms with Gasteiger partial charge in [-0.1, -0.05) is 89.9 Å². The van der Waals surface area contributed by atoms with Crippen molar-refractivity contribution in [2.24, 2.45) is 22.2 Å². The number of H-pyrrole nitrogens is 2. The number of fused-ring (bicyclic) bond motifs is 1. The number of benzene rings is 2. The standard InChI is InChI=1S/C49H67N15O9S2/c1-3-4-14-34(58-28(2)65)44(69)64-40-26-75-74-25-39(42(50)67)63-47(72)37(21-30-23-56-33-15-9-8-13-32(30)33)62-45(70)35(16-10-18-55-49(51)52)60-46(71)36(20-29-11-6-5-7-12-29)61-48(73)38(22-31-24-53-27-57-31)59-41(66)17-19-54-43(40)68/h5-9,11-13,15,23-24,27,34-40,56H,3-4,10,14,16-22,25-26H2,1-2H3,(H2,50,67)(H,53,57)(H,54,68)(H,58,65)(H,59,66)(H,60,71)(H,61,73)(H,62,70)(H,63,72)(H,64,69)(H4,51,52,55)/t34-,35-,36+,37-,38-,39-,40-/m0/s1. The predicted octanol–water partition coefficient (Wildman–Crippen LogP) is -1.04. The molecule has 9 amide bonds. The van der Waals surface area contributed by atoms with Gasteiger partial charge in [0.05, 0.1) is 6.33 Å². The van der Waals surface area contributed by atoms with E-state index in [-0.39, 0.29) is 69.1 Å². The molecule has 1 aliphatic rings. The Bertz CT molecular complexity index is 2610. The summed E-state index contributed by atoms with van der Waals surface area (Å²) >= 11 is 0. The highest BCUT2D eigenvalue weighted by Crippen LogP contribution is 2.24. The molecule has 7 atom stereocenters. The summed E-state index contributed by atoms with van der Waals surface area (Å²) in [7, 11) is 2.14. The number of aliphatic imine (C=N–C) groups is 1. The number of unbranched alkanes of at least 4 members (excludes halogenated alkanes) is 1. The lowest BCUT2D eigenvalue weighted by Crippen LogP contribution is -2.60. The van der Waals surface area contributed by atoms with Crippen molar-refractivity contribution in [2.75, 3.05) is 24.6 Å². The lowest BCUT2D eigenvalue weighted by molar-refractivity contribution is -0.135. The van der Waals surface area contributed by atoms with Crippen LogP contribution in [-0.2, 0) is 62.4 Å². The Morgan fingerprint density at radius 1 is 0.760 bits per heavy atom. The minimum atomic E-state index is -1.36. The Morgan fingerprint density at radius 3 is 2.09 bits per heavy atom. The van der Waals surface area contributed by atoms with Gasteiger partial charge in [-0.05, 0) is 36.5 Å². The number of aromatic nitrogens is 3. The van der Waals surface area contributed by atoms with Crippen LogP contribution in [0.3, 0.4) is 0 Å². The average molecular weight is 1070 g/mol. The minimum absolute atomic E-state index is 0.0390. The third-order valence-corrected chi connectivity index (χ3v) is 14.3. The Hall–Kier alpha value is -7.61. The molecule has 24 nitrogen and oxygen atoms in total. The molecule has 0 unspecified atom stereocenters. The van der Waals surface area contributed by atoms with Gasteiger partial charge in [-0.2, -0.15) is 0 Å². The van der Waals surface area contributed by atoms with Crippen molar-refractivity contribution in [3.8, 4) is 0 Å². The monoisotopic (exact) mass is 1070 g/mol. The lowest BCUT2D eigenvalue weighted by atomic mass is 10.0. The number of carbonyl (C=O) groups excluding carboxylic acids is 9. The number of nitrogens with zero attached hydrogens (tertiary/aromatic N) is 2. The van der Waals surface area contributed by atoms with Crippen LogP contribution in [0.25, 0.3) is 10.9 Å². The molecule has 16 N–H and O–H groups in total. The van der Waals surface area contributed by atoms with E-state index in [0.29, 0.717) is 29.7 Å². The van der Waals surface area contributed by atoms with E-state index in [0.717, 1.165) is 38.9 Å². The van der Waals surface area contributed by atoms with Crippen LogP contribution in [0.4, 0.5) is 0 Å². The first-order valence-electron chi connectivity index (χ1n) is 24.5. The lowest BCUT2D eigenvalue weighted by Gasteiger charge is -2.27. The van der Waals surface area contributed by atoms with Crippen LogP contribution in [0.1, 0.15) is 69.2 Å². The average Bonchev–Trinajstić information content (AvgIpc) is 4.05. The van der Waals surface area contributed by atoms with Gasteiger partial charge in [-0.15, -0.1) is 0 Å². The normalized spacial score (nSPS) is 21.4. The number of hydrogen-bond acceptors (Lipinski definition) is 13. The fraction of sp³-hybridized carbons (Fsp3) is 0.449. The van der Waals surface area contributed by atoms with Crippen molar-refractivity contribution in [1.29, 1.82) is 0 Å². The van der Waals surface area contributed by atoms with E-state index >= 15 is 0 Å². The molecule has 3 heterocycles. The molecule has 26 heteroatoms. The molecule has 75 heavy (non-hydrogen) atoms. The molecule has 0 saturated carbocycles. The maximum Gasteiger partial charge on any atom is 0.243 e. The highest BCUT2D eigenvalue weighted by Gasteiger charge is 2.34. The van der Waals surface area contributed by atoms with Gasteiger partial charge in [-0.3, -0.25) is 48.1 Å². The number of hydrogen-bond donors (Lipinski definition) is 13. The molecule has 0 bridgehead atoms. The zero-order valence-electron chi connectivity index (χ0n) is 41.8. The molecule has 1 aliphatic heterocycles. The van der Waals surface area contributed by atoms with Gasteiger partial charge in [0, 0.05) is 86.2 Å². The third kappa shape index (κ3) is 19.3. The van der Waals surface area contributed by atoms with Crippen LogP contribution in [0.15, 0.2) is 78.3 Å². The number of carbonyl (C=O) groups is 9. The number of amides is 9.